The highest BCUT2D eigenvalue weighted by Crippen LogP contribution is 2.25. The van der Waals surface area contributed by atoms with Gasteiger partial charge in [0, 0.05) is 38.6 Å². The lowest BCUT2D eigenvalue weighted by molar-refractivity contribution is -0.305. The lowest BCUT2D eigenvalue weighted by atomic mass is 10.2. The third-order valence-electron chi connectivity index (χ3n) is 3.95. The maximum absolute atomic E-state index is 12.2. The van der Waals surface area contributed by atoms with Crippen LogP contribution in [0.25, 0.3) is 0 Å². The van der Waals surface area contributed by atoms with Gasteiger partial charge in [-0.05, 0) is 18.6 Å². The number of carboxylic acids is 1. The lowest BCUT2D eigenvalue weighted by Gasteiger charge is -2.34. The monoisotopic (exact) mass is 349 g/mol. The fourth-order valence-electron chi connectivity index (χ4n) is 2.54. The van der Waals surface area contributed by atoms with E-state index in [2.05, 4.69) is 0 Å². The summed E-state index contributed by atoms with van der Waals surface area (Å²) < 4.78 is 10.7. The Morgan fingerprint density at radius 1 is 0.960 bits per heavy atom. The minimum absolute atomic E-state index is 0.0762. The number of benzene rings is 1. The highest BCUT2D eigenvalue weighted by atomic mass is 16.5. The number of aliphatic carboxylic acids is 1. The molecule has 2 amide bonds. The number of hydrogen-bond donors (Lipinski definition) is 0. The van der Waals surface area contributed by atoms with E-state index in [1.165, 1.54) is 7.11 Å². The van der Waals surface area contributed by atoms with E-state index >= 15 is 0 Å². The smallest absolute Gasteiger partial charge is 0.260 e. The van der Waals surface area contributed by atoms with Gasteiger partial charge in [-0.25, -0.2) is 0 Å². The van der Waals surface area contributed by atoms with Crippen LogP contribution in [0.2, 0.25) is 0 Å². The highest BCUT2D eigenvalue weighted by Gasteiger charge is 2.24. The summed E-state index contributed by atoms with van der Waals surface area (Å²) in [6.07, 6.45) is -0.363. The Morgan fingerprint density at radius 2 is 1.52 bits per heavy atom. The van der Waals surface area contributed by atoms with Crippen molar-refractivity contribution >= 4 is 17.8 Å². The molecule has 0 aliphatic carbocycles. The Balaban J connectivity index is 1.77. The van der Waals surface area contributed by atoms with Gasteiger partial charge in [-0.1, -0.05) is 12.1 Å². The standard InChI is InChI=1S/C17H22N2O6/c1-24-13-4-2-3-5-14(13)25-12-16(21)19-10-8-18(9-11-19)15(20)6-7-17(22)23/h2-5H,6-12H2,1H3,(H,22,23)/p-1. The molecule has 0 saturated carbocycles. The summed E-state index contributed by atoms with van der Waals surface area (Å²) in [4.78, 5) is 37.7. The van der Waals surface area contributed by atoms with Crippen LogP contribution in [0.1, 0.15) is 12.8 Å². The average molecular weight is 349 g/mol. The summed E-state index contributed by atoms with van der Waals surface area (Å²) in [7, 11) is 1.53. The van der Waals surface area contributed by atoms with Gasteiger partial charge < -0.3 is 29.2 Å². The zero-order valence-electron chi connectivity index (χ0n) is 14.1. The van der Waals surface area contributed by atoms with Crippen LogP contribution >= 0.6 is 0 Å². The summed E-state index contributed by atoms with van der Waals surface area (Å²) in [5.74, 6) is -0.599. The van der Waals surface area contributed by atoms with Crippen LogP contribution in [-0.2, 0) is 14.4 Å². The van der Waals surface area contributed by atoms with Gasteiger partial charge >= 0.3 is 0 Å². The predicted molar refractivity (Wildman–Crippen MR) is 85.9 cm³/mol. The number of amides is 2. The van der Waals surface area contributed by atoms with Crippen molar-refractivity contribution in [1.82, 2.24) is 9.80 Å². The lowest BCUT2D eigenvalue weighted by Crippen LogP contribution is -2.51. The molecule has 1 aliphatic rings. The van der Waals surface area contributed by atoms with Crippen LogP contribution in [0.15, 0.2) is 24.3 Å². The molecule has 0 unspecified atom stereocenters. The van der Waals surface area contributed by atoms with Crippen molar-refractivity contribution in [3.8, 4) is 11.5 Å². The predicted octanol–water partition coefficient (Wildman–Crippen LogP) is -0.725. The van der Waals surface area contributed by atoms with Crippen molar-refractivity contribution in [3.05, 3.63) is 24.3 Å². The number of nitrogens with zero attached hydrogens (tertiary/aromatic N) is 2. The summed E-state index contributed by atoms with van der Waals surface area (Å²) in [6, 6.07) is 7.07. The first kappa shape index (κ1) is 18.6. The topological polar surface area (TPSA) is 99.2 Å². The molecule has 8 heteroatoms. The van der Waals surface area contributed by atoms with Gasteiger partial charge in [0.05, 0.1) is 7.11 Å². The Hall–Kier alpha value is -2.77. The van der Waals surface area contributed by atoms with Crippen molar-refractivity contribution in [2.75, 3.05) is 39.9 Å². The number of hydrogen-bond acceptors (Lipinski definition) is 6. The van der Waals surface area contributed by atoms with E-state index in [-0.39, 0.29) is 31.3 Å². The first-order chi connectivity index (χ1) is 12.0. The van der Waals surface area contributed by atoms with Crippen molar-refractivity contribution in [2.45, 2.75) is 12.8 Å². The normalized spacial score (nSPS) is 14.1. The molecule has 1 heterocycles. The molecule has 25 heavy (non-hydrogen) atoms. The van der Waals surface area contributed by atoms with Gasteiger partial charge in [-0.3, -0.25) is 9.59 Å². The number of rotatable bonds is 7. The minimum atomic E-state index is -1.24. The van der Waals surface area contributed by atoms with Gasteiger partial charge in [0.2, 0.25) is 5.91 Å². The quantitative estimate of drug-likeness (QED) is 0.644. The molecule has 0 radical (unpaired) electrons. The molecule has 0 aromatic heterocycles. The summed E-state index contributed by atoms with van der Waals surface area (Å²) in [5.41, 5.74) is 0. The molecule has 0 atom stereocenters. The van der Waals surface area contributed by atoms with E-state index in [0.29, 0.717) is 37.7 Å². The maximum atomic E-state index is 12.2. The summed E-state index contributed by atoms with van der Waals surface area (Å²) in [6.45, 7) is 1.44. The van der Waals surface area contributed by atoms with Gasteiger partial charge in [-0.15, -0.1) is 0 Å². The minimum Gasteiger partial charge on any atom is -0.550 e. The van der Waals surface area contributed by atoms with Crippen molar-refractivity contribution in [1.29, 1.82) is 0 Å². The van der Waals surface area contributed by atoms with E-state index < -0.39 is 5.97 Å². The van der Waals surface area contributed by atoms with E-state index in [1.54, 1.807) is 28.0 Å². The SMILES string of the molecule is COc1ccccc1OCC(=O)N1CCN(C(=O)CCC(=O)[O-])CC1. The van der Waals surface area contributed by atoms with Crippen molar-refractivity contribution < 1.29 is 29.0 Å². The summed E-state index contributed by atoms with van der Waals surface area (Å²) in [5, 5.41) is 10.4. The number of ether oxygens (including phenoxy) is 2. The van der Waals surface area contributed by atoms with Crippen LogP contribution < -0.4 is 14.6 Å². The molecule has 1 saturated heterocycles. The molecule has 1 aromatic rings. The number of carboxylic acid groups (broad SMARTS) is 1. The third-order valence-corrected chi connectivity index (χ3v) is 3.95. The van der Waals surface area contributed by atoms with Gasteiger partial charge in [0.25, 0.3) is 5.91 Å². The fraction of sp³-hybridized carbons (Fsp3) is 0.471. The molecule has 0 spiro atoms. The molecular weight excluding hydrogens is 328 g/mol. The zero-order chi connectivity index (χ0) is 18.2. The van der Waals surface area contributed by atoms with Crippen molar-refractivity contribution in [3.63, 3.8) is 0 Å². The Morgan fingerprint density at radius 3 is 2.08 bits per heavy atom. The first-order valence-electron chi connectivity index (χ1n) is 8.02. The molecule has 1 aromatic carbocycles. The second kappa shape index (κ2) is 8.91. The maximum Gasteiger partial charge on any atom is 0.260 e. The number of carbonyl (C=O) groups is 3. The third kappa shape index (κ3) is 5.37. The Bertz CT molecular complexity index is 625. The van der Waals surface area contributed by atoms with Crippen LogP contribution in [-0.4, -0.2) is 67.5 Å². The van der Waals surface area contributed by atoms with E-state index in [9.17, 15) is 19.5 Å². The summed E-state index contributed by atoms with van der Waals surface area (Å²) >= 11 is 0. The van der Waals surface area contributed by atoms with E-state index in [4.69, 9.17) is 9.47 Å². The van der Waals surface area contributed by atoms with Gasteiger partial charge in [-0.2, -0.15) is 0 Å². The second-order valence-electron chi connectivity index (χ2n) is 5.57. The molecule has 0 bridgehead atoms. The molecule has 136 valence electrons. The largest absolute Gasteiger partial charge is 0.550 e. The fourth-order valence-corrected chi connectivity index (χ4v) is 2.54. The average Bonchev–Trinajstić information content (AvgIpc) is 2.64. The number of methoxy groups -OCH3 is 1. The van der Waals surface area contributed by atoms with E-state index in [1.807, 2.05) is 6.07 Å². The molecule has 1 aliphatic heterocycles. The number of para-hydroxylation sites is 2. The van der Waals surface area contributed by atoms with Crippen LogP contribution in [0.4, 0.5) is 0 Å². The molecule has 8 nitrogen and oxygen atoms in total. The molecule has 2 rings (SSSR count). The number of piperazine rings is 1. The zero-order valence-corrected chi connectivity index (χ0v) is 14.1. The molecular formula is C17H21N2O6-. The Labute approximate surface area is 145 Å². The van der Waals surface area contributed by atoms with E-state index in [0.717, 1.165) is 0 Å². The van der Waals surface area contributed by atoms with Crippen LogP contribution in [0.5, 0.6) is 11.5 Å². The van der Waals surface area contributed by atoms with Crippen LogP contribution in [0, 0.1) is 0 Å². The number of carbonyl (C=O) groups excluding carboxylic acids is 3. The first-order valence-corrected chi connectivity index (χ1v) is 8.02. The van der Waals surface area contributed by atoms with Gasteiger partial charge in [0.1, 0.15) is 0 Å². The highest BCUT2D eigenvalue weighted by molar-refractivity contribution is 5.81. The molecule has 0 N–H and O–H groups in total. The Kier molecular flexibility index (Phi) is 6.62. The second-order valence-corrected chi connectivity index (χ2v) is 5.57. The van der Waals surface area contributed by atoms with Crippen molar-refractivity contribution in [2.24, 2.45) is 0 Å². The van der Waals surface area contributed by atoms with Gasteiger partial charge in [0.15, 0.2) is 18.1 Å². The molecule has 1 fully saturated rings. The van der Waals surface area contributed by atoms with Crippen LogP contribution in [0.3, 0.4) is 0 Å².